The highest BCUT2D eigenvalue weighted by Crippen LogP contribution is 2.65. The van der Waals surface area contributed by atoms with E-state index in [1.165, 1.54) is 19.3 Å². The van der Waals surface area contributed by atoms with Crippen molar-refractivity contribution in [2.24, 2.45) is 35.5 Å². The van der Waals surface area contributed by atoms with Crippen LogP contribution in [0.15, 0.2) is 12.2 Å². The van der Waals surface area contributed by atoms with Gasteiger partial charge in [0.25, 0.3) is 0 Å². The Morgan fingerprint density at radius 3 is 2.00 bits per heavy atom. The van der Waals surface area contributed by atoms with E-state index >= 15 is 0 Å². The lowest BCUT2D eigenvalue weighted by Gasteiger charge is -2.31. The number of rotatable bonds is 0. The summed E-state index contributed by atoms with van der Waals surface area (Å²) in [5.41, 5.74) is 0. The first kappa shape index (κ1) is 7.05. The van der Waals surface area contributed by atoms with Gasteiger partial charge in [-0.3, -0.25) is 0 Å². The molecule has 0 radical (unpaired) electrons. The van der Waals surface area contributed by atoms with Gasteiger partial charge in [-0.15, -0.1) is 0 Å². The number of fused-ring (bicyclic) bond motifs is 9. The van der Waals surface area contributed by atoms with Crippen molar-refractivity contribution in [1.29, 1.82) is 0 Å². The van der Waals surface area contributed by atoms with E-state index in [4.69, 9.17) is 0 Å². The first-order chi connectivity index (χ1) is 6.36. The number of hydrogen-bond donors (Lipinski definition) is 1. The van der Waals surface area contributed by atoms with Crippen LogP contribution in [-0.4, -0.2) is 11.2 Å². The van der Waals surface area contributed by atoms with Crippen LogP contribution in [0.1, 0.15) is 19.3 Å². The summed E-state index contributed by atoms with van der Waals surface area (Å²) in [6.45, 7) is 0. The molecule has 0 aromatic carbocycles. The molecule has 4 aliphatic rings. The Labute approximate surface area is 78.8 Å². The van der Waals surface area contributed by atoms with Gasteiger partial charge in [-0.25, -0.2) is 0 Å². The van der Waals surface area contributed by atoms with Gasteiger partial charge < -0.3 is 5.11 Å². The van der Waals surface area contributed by atoms with Crippen LogP contribution in [0.4, 0.5) is 0 Å². The molecule has 3 saturated carbocycles. The Morgan fingerprint density at radius 1 is 0.923 bits per heavy atom. The van der Waals surface area contributed by atoms with E-state index in [1.54, 1.807) is 0 Å². The minimum atomic E-state index is 0.0696. The third-order valence-corrected chi connectivity index (χ3v) is 5.28. The zero-order valence-electron chi connectivity index (χ0n) is 7.76. The molecule has 13 heavy (non-hydrogen) atoms. The molecule has 3 fully saturated rings. The SMILES string of the molecule is OC1[C@H]2CC[C@@H]1[C@@H]1[C@H]2[C@H]2C=C[C@H]1C2. The largest absolute Gasteiger partial charge is 0.393 e. The first-order valence-corrected chi connectivity index (χ1v) is 5.72. The molecule has 4 aliphatic carbocycles. The summed E-state index contributed by atoms with van der Waals surface area (Å²) >= 11 is 0. The lowest BCUT2D eigenvalue weighted by molar-refractivity contribution is 0.109. The van der Waals surface area contributed by atoms with Crippen molar-refractivity contribution in [2.45, 2.75) is 25.4 Å². The second kappa shape index (κ2) is 2.03. The molecule has 0 aromatic rings. The number of aliphatic hydroxyl groups is 1. The molecular weight excluding hydrogens is 160 g/mol. The Kier molecular flexibility index (Phi) is 1.10. The maximum Gasteiger partial charge on any atom is 0.0602 e. The van der Waals surface area contributed by atoms with E-state index in [0.717, 1.165) is 23.7 Å². The predicted octanol–water partition coefficient (Wildman–Crippen LogP) is 1.83. The highest BCUT2D eigenvalue weighted by atomic mass is 16.3. The smallest absolute Gasteiger partial charge is 0.0602 e. The van der Waals surface area contributed by atoms with Crippen LogP contribution in [0.5, 0.6) is 0 Å². The van der Waals surface area contributed by atoms with E-state index in [1.807, 2.05) is 0 Å². The first-order valence-electron chi connectivity index (χ1n) is 5.72. The lowest BCUT2D eigenvalue weighted by Crippen LogP contribution is -2.25. The van der Waals surface area contributed by atoms with Crippen molar-refractivity contribution in [2.75, 3.05) is 0 Å². The number of allylic oxidation sites excluding steroid dienone is 2. The summed E-state index contributed by atoms with van der Waals surface area (Å²) < 4.78 is 0. The molecule has 0 aromatic heterocycles. The average Bonchev–Trinajstić information content (AvgIpc) is 2.84. The quantitative estimate of drug-likeness (QED) is 0.441. The monoisotopic (exact) mass is 176 g/mol. The minimum absolute atomic E-state index is 0.0696. The molecule has 4 rings (SSSR count). The molecular formula is C12H16O. The van der Waals surface area contributed by atoms with E-state index < -0.39 is 0 Å². The summed E-state index contributed by atoms with van der Waals surface area (Å²) in [5, 5.41) is 10.1. The molecule has 1 N–H and O–H groups in total. The summed E-state index contributed by atoms with van der Waals surface area (Å²) in [6, 6.07) is 0. The topological polar surface area (TPSA) is 20.2 Å². The van der Waals surface area contributed by atoms with E-state index in [-0.39, 0.29) is 6.10 Å². The molecule has 0 spiro atoms. The Bertz CT molecular complexity index is 257. The molecule has 0 amide bonds. The summed E-state index contributed by atoms with van der Waals surface area (Å²) in [4.78, 5) is 0. The molecule has 0 saturated heterocycles. The Morgan fingerprint density at radius 2 is 1.46 bits per heavy atom. The molecule has 1 nitrogen and oxygen atoms in total. The van der Waals surface area contributed by atoms with Crippen LogP contribution in [0.25, 0.3) is 0 Å². The molecule has 0 heterocycles. The third-order valence-electron chi connectivity index (χ3n) is 5.28. The normalized spacial score (nSPS) is 66.4. The van der Waals surface area contributed by atoms with Gasteiger partial charge in [0, 0.05) is 0 Å². The third kappa shape index (κ3) is 0.633. The Balaban J connectivity index is 1.81. The van der Waals surface area contributed by atoms with Gasteiger partial charge in [0.05, 0.1) is 6.10 Å². The van der Waals surface area contributed by atoms with Crippen molar-refractivity contribution < 1.29 is 5.11 Å². The van der Waals surface area contributed by atoms with Gasteiger partial charge in [0.15, 0.2) is 0 Å². The van der Waals surface area contributed by atoms with E-state index in [0.29, 0.717) is 11.8 Å². The summed E-state index contributed by atoms with van der Waals surface area (Å²) in [6.07, 6.45) is 8.96. The standard InChI is InChI=1S/C12H16O/c13-12-8-3-4-9(12)11-7-2-1-6(5-7)10(8)11/h1-2,6-13H,3-5H2/t6-,7-,8-,9+,10-,11+,12?/m0/s1. The predicted molar refractivity (Wildman–Crippen MR) is 49.9 cm³/mol. The average molecular weight is 176 g/mol. The van der Waals surface area contributed by atoms with Gasteiger partial charge in [0.2, 0.25) is 0 Å². The van der Waals surface area contributed by atoms with E-state index in [9.17, 15) is 5.11 Å². The van der Waals surface area contributed by atoms with Gasteiger partial charge in [-0.1, -0.05) is 12.2 Å². The fraction of sp³-hybridized carbons (Fsp3) is 0.833. The van der Waals surface area contributed by atoms with Crippen LogP contribution in [0, 0.1) is 35.5 Å². The number of aliphatic hydroxyl groups excluding tert-OH is 1. The van der Waals surface area contributed by atoms with Gasteiger partial charge in [-0.2, -0.15) is 0 Å². The van der Waals surface area contributed by atoms with Crippen molar-refractivity contribution >= 4 is 0 Å². The van der Waals surface area contributed by atoms with E-state index in [2.05, 4.69) is 12.2 Å². The molecule has 1 heteroatoms. The maximum atomic E-state index is 10.1. The summed E-state index contributed by atoms with van der Waals surface area (Å²) in [5.74, 6) is 4.80. The Hall–Kier alpha value is -0.300. The highest BCUT2D eigenvalue weighted by Gasteiger charge is 2.61. The minimum Gasteiger partial charge on any atom is -0.393 e. The van der Waals surface area contributed by atoms with Crippen molar-refractivity contribution in [3.05, 3.63) is 12.2 Å². The number of hydrogen-bond acceptors (Lipinski definition) is 1. The fourth-order valence-electron chi connectivity index (χ4n) is 4.99. The van der Waals surface area contributed by atoms with Crippen LogP contribution in [0.2, 0.25) is 0 Å². The zero-order chi connectivity index (χ0) is 8.58. The lowest BCUT2D eigenvalue weighted by atomic mass is 9.73. The molecule has 7 atom stereocenters. The van der Waals surface area contributed by atoms with Crippen LogP contribution < -0.4 is 0 Å². The van der Waals surface area contributed by atoms with Gasteiger partial charge in [-0.05, 0) is 54.8 Å². The van der Waals surface area contributed by atoms with Crippen LogP contribution in [-0.2, 0) is 0 Å². The highest BCUT2D eigenvalue weighted by molar-refractivity contribution is 5.21. The maximum absolute atomic E-state index is 10.1. The molecule has 0 aliphatic heterocycles. The van der Waals surface area contributed by atoms with Gasteiger partial charge >= 0.3 is 0 Å². The zero-order valence-corrected chi connectivity index (χ0v) is 7.76. The second-order valence-corrected chi connectivity index (χ2v) is 5.50. The molecule has 4 bridgehead atoms. The van der Waals surface area contributed by atoms with Crippen LogP contribution in [0.3, 0.4) is 0 Å². The second-order valence-electron chi connectivity index (χ2n) is 5.50. The fourth-order valence-corrected chi connectivity index (χ4v) is 4.99. The van der Waals surface area contributed by atoms with Gasteiger partial charge in [0.1, 0.15) is 0 Å². The summed E-state index contributed by atoms with van der Waals surface area (Å²) in [7, 11) is 0. The van der Waals surface area contributed by atoms with Crippen molar-refractivity contribution in [3.63, 3.8) is 0 Å². The van der Waals surface area contributed by atoms with Crippen molar-refractivity contribution in [1.82, 2.24) is 0 Å². The molecule has 1 unspecified atom stereocenters. The van der Waals surface area contributed by atoms with Crippen LogP contribution >= 0.6 is 0 Å². The molecule has 70 valence electrons. The van der Waals surface area contributed by atoms with Crippen molar-refractivity contribution in [3.8, 4) is 0 Å².